The number of hydrogen-bond acceptors (Lipinski definition) is 4. The molecule has 2 aromatic rings. The molecule has 0 saturated heterocycles. The molecule has 0 heterocycles. The van der Waals surface area contributed by atoms with Gasteiger partial charge in [-0.25, -0.2) is 4.79 Å². The second kappa shape index (κ2) is 7.83. The predicted molar refractivity (Wildman–Crippen MR) is 100 cm³/mol. The lowest BCUT2D eigenvalue weighted by Crippen LogP contribution is -2.27. The number of rotatable bonds is 5. The first-order valence-corrected chi connectivity index (χ1v) is 8.25. The second-order valence-corrected chi connectivity index (χ2v) is 6.70. The summed E-state index contributed by atoms with van der Waals surface area (Å²) >= 11 is 0. The van der Waals surface area contributed by atoms with Crippen molar-refractivity contribution in [3.05, 3.63) is 54.1 Å². The van der Waals surface area contributed by atoms with Crippen molar-refractivity contribution in [2.45, 2.75) is 27.7 Å². The molecular weight excluding hydrogens is 316 g/mol. The van der Waals surface area contributed by atoms with Gasteiger partial charge >= 0.3 is 5.97 Å². The second-order valence-electron chi connectivity index (χ2n) is 6.70. The summed E-state index contributed by atoms with van der Waals surface area (Å²) in [4.78, 5) is 23.6. The van der Waals surface area contributed by atoms with Crippen LogP contribution in [0.5, 0.6) is 0 Å². The predicted octanol–water partition coefficient (Wildman–Crippen LogP) is 4.59. The fourth-order valence-electron chi connectivity index (χ4n) is 2.03. The summed E-state index contributed by atoms with van der Waals surface area (Å²) in [6.45, 7) is 7.76. The van der Waals surface area contributed by atoms with Gasteiger partial charge < -0.3 is 15.4 Å². The van der Waals surface area contributed by atoms with Crippen molar-refractivity contribution < 1.29 is 14.3 Å². The van der Waals surface area contributed by atoms with Gasteiger partial charge in [0.15, 0.2) is 0 Å². The first-order valence-electron chi connectivity index (χ1n) is 8.25. The first kappa shape index (κ1) is 18.5. The van der Waals surface area contributed by atoms with E-state index in [1.54, 1.807) is 19.1 Å². The minimum atomic E-state index is -0.433. The highest BCUT2D eigenvalue weighted by atomic mass is 16.5. The number of ether oxygens (including phenoxy) is 1. The van der Waals surface area contributed by atoms with E-state index in [1.165, 1.54) is 0 Å². The summed E-state index contributed by atoms with van der Waals surface area (Å²) in [5.74, 6) is -0.351. The fourth-order valence-corrected chi connectivity index (χ4v) is 2.03. The Morgan fingerprint density at radius 1 is 0.880 bits per heavy atom. The topological polar surface area (TPSA) is 67.4 Å². The molecule has 2 aromatic carbocycles. The number of amides is 1. The highest BCUT2D eigenvalue weighted by Gasteiger charge is 2.20. The van der Waals surface area contributed by atoms with Crippen LogP contribution in [0.25, 0.3) is 0 Å². The monoisotopic (exact) mass is 340 g/mol. The van der Waals surface area contributed by atoms with Crippen molar-refractivity contribution in [3.63, 3.8) is 0 Å². The Kier molecular flexibility index (Phi) is 5.80. The van der Waals surface area contributed by atoms with E-state index in [4.69, 9.17) is 4.74 Å². The molecule has 2 rings (SSSR count). The molecule has 0 spiro atoms. The van der Waals surface area contributed by atoms with Crippen LogP contribution in [0.2, 0.25) is 0 Å². The normalized spacial score (nSPS) is 10.9. The van der Waals surface area contributed by atoms with Crippen molar-refractivity contribution in [2.75, 3.05) is 17.2 Å². The van der Waals surface area contributed by atoms with E-state index in [-0.39, 0.29) is 11.9 Å². The van der Waals surface area contributed by atoms with Crippen LogP contribution in [0.4, 0.5) is 17.1 Å². The van der Waals surface area contributed by atoms with E-state index in [0.717, 1.165) is 17.1 Å². The third kappa shape index (κ3) is 5.35. The van der Waals surface area contributed by atoms with Crippen molar-refractivity contribution in [1.82, 2.24) is 0 Å². The lowest BCUT2D eigenvalue weighted by molar-refractivity contribution is -0.123. The van der Waals surface area contributed by atoms with Crippen LogP contribution < -0.4 is 10.6 Å². The van der Waals surface area contributed by atoms with Crippen LogP contribution in [0.15, 0.2) is 48.5 Å². The zero-order valence-electron chi connectivity index (χ0n) is 15.1. The number of nitrogens with one attached hydrogen (secondary N) is 2. The van der Waals surface area contributed by atoms with Gasteiger partial charge in [0.25, 0.3) is 0 Å². The zero-order valence-corrected chi connectivity index (χ0v) is 15.1. The van der Waals surface area contributed by atoms with E-state index in [1.807, 2.05) is 57.2 Å². The lowest BCUT2D eigenvalue weighted by Gasteiger charge is -2.17. The number of carbonyl (C=O) groups excluding carboxylic acids is 2. The molecule has 0 unspecified atom stereocenters. The molecule has 0 aliphatic heterocycles. The number of benzene rings is 2. The minimum absolute atomic E-state index is 0.0252. The summed E-state index contributed by atoms with van der Waals surface area (Å²) in [7, 11) is 0. The van der Waals surface area contributed by atoms with Crippen LogP contribution in [0.1, 0.15) is 38.1 Å². The molecule has 0 fully saturated rings. The first-order chi connectivity index (χ1) is 11.8. The van der Waals surface area contributed by atoms with E-state index in [2.05, 4.69) is 10.6 Å². The van der Waals surface area contributed by atoms with Crippen LogP contribution in [0, 0.1) is 5.41 Å². The van der Waals surface area contributed by atoms with Gasteiger partial charge in [0.05, 0.1) is 12.2 Å². The van der Waals surface area contributed by atoms with Crippen molar-refractivity contribution >= 4 is 28.9 Å². The van der Waals surface area contributed by atoms with Crippen LogP contribution in [0.3, 0.4) is 0 Å². The molecule has 0 radical (unpaired) electrons. The zero-order chi connectivity index (χ0) is 18.4. The van der Waals surface area contributed by atoms with Crippen molar-refractivity contribution in [1.29, 1.82) is 0 Å². The Balaban J connectivity index is 1.99. The Labute approximate surface area is 148 Å². The maximum atomic E-state index is 12.0. The summed E-state index contributed by atoms with van der Waals surface area (Å²) in [5.41, 5.74) is 2.59. The van der Waals surface area contributed by atoms with E-state index in [9.17, 15) is 9.59 Å². The summed E-state index contributed by atoms with van der Waals surface area (Å²) in [5, 5.41) is 6.13. The van der Waals surface area contributed by atoms with Crippen LogP contribution >= 0.6 is 0 Å². The average molecular weight is 340 g/mol. The Bertz CT molecular complexity index is 729. The number of esters is 1. The van der Waals surface area contributed by atoms with Gasteiger partial charge in [-0.05, 0) is 55.5 Å². The van der Waals surface area contributed by atoms with Crippen molar-refractivity contribution in [2.24, 2.45) is 5.41 Å². The molecule has 0 aromatic heterocycles. The molecule has 0 aliphatic carbocycles. The molecule has 0 atom stereocenters. The molecule has 0 bridgehead atoms. The smallest absolute Gasteiger partial charge is 0.338 e. The molecular formula is C20H24N2O3. The highest BCUT2D eigenvalue weighted by molar-refractivity contribution is 5.94. The molecule has 1 amide bonds. The van der Waals surface area contributed by atoms with Gasteiger partial charge in [-0.3, -0.25) is 4.79 Å². The molecule has 0 aliphatic rings. The Morgan fingerprint density at radius 3 is 1.84 bits per heavy atom. The number of hydrogen-bond donors (Lipinski definition) is 2. The van der Waals surface area contributed by atoms with Crippen molar-refractivity contribution in [3.8, 4) is 0 Å². The molecule has 132 valence electrons. The quantitative estimate of drug-likeness (QED) is 0.781. The minimum Gasteiger partial charge on any atom is -0.462 e. The largest absolute Gasteiger partial charge is 0.462 e. The summed E-state index contributed by atoms with van der Waals surface area (Å²) in [6.07, 6.45) is 0. The van der Waals surface area contributed by atoms with E-state index in [0.29, 0.717) is 12.2 Å². The third-order valence-corrected chi connectivity index (χ3v) is 3.51. The Hall–Kier alpha value is -2.82. The highest BCUT2D eigenvalue weighted by Crippen LogP contribution is 2.21. The van der Waals surface area contributed by atoms with E-state index >= 15 is 0 Å². The molecule has 5 heteroatoms. The van der Waals surface area contributed by atoms with Gasteiger partial charge in [0.2, 0.25) is 5.91 Å². The molecule has 5 nitrogen and oxygen atoms in total. The van der Waals surface area contributed by atoms with Gasteiger partial charge in [0.1, 0.15) is 0 Å². The van der Waals surface area contributed by atoms with Crippen LogP contribution in [-0.2, 0) is 9.53 Å². The molecule has 0 saturated carbocycles. The molecule has 25 heavy (non-hydrogen) atoms. The van der Waals surface area contributed by atoms with Gasteiger partial charge in [0, 0.05) is 22.5 Å². The Morgan fingerprint density at radius 2 is 1.36 bits per heavy atom. The lowest BCUT2D eigenvalue weighted by atomic mass is 9.95. The van der Waals surface area contributed by atoms with Gasteiger partial charge in [-0.1, -0.05) is 20.8 Å². The van der Waals surface area contributed by atoms with Gasteiger partial charge in [-0.15, -0.1) is 0 Å². The van der Waals surface area contributed by atoms with Crippen LogP contribution in [-0.4, -0.2) is 18.5 Å². The number of carbonyl (C=O) groups is 2. The van der Waals surface area contributed by atoms with E-state index < -0.39 is 5.41 Å². The molecule has 2 N–H and O–H groups in total. The maximum absolute atomic E-state index is 12.0. The SMILES string of the molecule is CCOC(=O)c1ccc(Nc2ccc(NC(=O)C(C)(C)C)cc2)cc1. The summed E-state index contributed by atoms with van der Waals surface area (Å²) < 4.78 is 4.96. The maximum Gasteiger partial charge on any atom is 0.338 e. The van der Waals surface area contributed by atoms with Gasteiger partial charge in [-0.2, -0.15) is 0 Å². The standard InChI is InChI=1S/C20H24N2O3/c1-5-25-18(23)14-6-8-15(9-7-14)21-16-10-12-17(13-11-16)22-19(24)20(2,3)4/h6-13,21H,5H2,1-4H3,(H,22,24). The fraction of sp³-hybridized carbons (Fsp3) is 0.300. The third-order valence-electron chi connectivity index (χ3n) is 3.51. The number of anilines is 3. The average Bonchev–Trinajstić information content (AvgIpc) is 2.56. The summed E-state index contributed by atoms with van der Waals surface area (Å²) in [6, 6.07) is 14.5.